The number of halogens is 1. The van der Waals surface area contributed by atoms with E-state index in [4.69, 9.17) is 17.0 Å². The minimum absolute atomic E-state index is 0.672. The second kappa shape index (κ2) is 6.65. The number of fused-ring (bicyclic) bond motifs is 1. The number of imidazole rings is 1. The number of aromatic amines is 1. The minimum Gasteiger partial charge on any atom is -0.378 e. The maximum Gasteiger partial charge on any atom is 0.178 e. The van der Waals surface area contributed by atoms with Crippen LogP contribution in [-0.4, -0.2) is 48.3 Å². The molecule has 2 rings (SSSR count). The number of hydrogen-bond donors (Lipinski definition) is 1. The zero-order chi connectivity index (χ0) is 13.8. The van der Waals surface area contributed by atoms with E-state index in [9.17, 15) is 0 Å². The summed E-state index contributed by atoms with van der Waals surface area (Å²) in [4.78, 5) is 5.32. The van der Waals surface area contributed by atoms with E-state index in [0.717, 1.165) is 40.0 Å². The van der Waals surface area contributed by atoms with Gasteiger partial charge in [-0.2, -0.15) is 0 Å². The second-order valence-corrected chi connectivity index (χ2v) is 5.96. The average molecular weight is 344 g/mol. The summed E-state index contributed by atoms with van der Waals surface area (Å²) in [7, 11) is 4.08. The van der Waals surface area contributed by atoms with Gasteiger partial charge in [-0.3, -0.25) is 0 Å². The van der Waals surface area contributed by atoms with E-state index in [1.807, 2.05) is 26.2 Å². The van der Waals surface area contributed by atoms with Gasteiger partial charge >= 0.3 is 0 Å². The van der Waals surface area contributed by atoms with E-state index >= 15 is 0 Å². The van der Waals surface area contributed by atoms with Gasteiger partial charge < -0.3 is 19.2 Å². The molecule has 1 heterocycles. The predicted molar refractivity (Wildman–Crippen MR) is 84.2 cm³/mol. The number of ether oxygens (including phenoxy) is 1. The highest BCUT2D eigenvalue weighted by molar-refractivity contribution is 9.10. The first-order valence-corrected chi connectivity index (χ1v) is 7.38. The molecule has 0 saturated carbocycles. The zero-order valence-electron chi connectivity index (χ0n) is 11.1. The van der Waals surface area contributed by atoms with Gasteiger partial charge in [0.15, 0.2) is 4.77 Å². The fourth-order valence-corrected chi connectivity index (χ4v) is 2.52. The third kappa shape index (κ3) is 3.89. The highest BCUT2D eigenvalue weighted by atomic mass is 79.9. The SMILES string of the molecule is CN(C)CCOCCn1c(=S)[nH]c2cc(Br)ccc21. The van der Waals surface area contributed by atoms with Crippen LogP contribution in [0.4, 0.5) is 0 Å². The Kier molecular flexibility index (Phi) is 5.15. The number of nitrogens with one attached hydrogen (secondary N) is 1. The maximum atomic E-state index is 5.61. The molecule has 0 radical (unpaired) electrons. The van der Waals surface area contributed by atoms with Crippen molar-refractivity contribution in [2.45, 2.75) is 6.54 Å². The topological polar surface area (TPSA) is 33.2 Å². The summed E-state index contributed by atoms with van der Waals surface area (Å²) in [6.07, 6.45) is 0. The van der Waals surface area contributed by atoms with Crippen LogP contribution in [0, 0.1) is 4.77 Å². The van der Waals surface area contributed by atoms with Gasteiger partial charge in [0.2, 0.25) is 0 Å². The maximum absolute atomic E-state index is 5.61. The van der Waals surface area contributed by atoms with Gasteiger partial charge in [0.05, 0.1) is 24.2 Å². The molecule has 19 heavy (non-hydrogen) atoms. The van der Waals surface area contributed by atoms with Gasteiger partial charge in [-0.15, -0.1) is 0 Å². The van der Waals surface area contributed by atoms with Crippen LogP contribution in [0.15, 0.2) is 22.7 Å². The zero-order valence-corrected chi connectivity index (χ0v) is 13.6. The normalized spacial score (nSPS) is 11.6. The first-order chi connectivity index (χ1) is 9.08. The summed E-state index contributed by atoms with van der Waals surface area (Å²) in [5, 5.41) is 0. The van der Waals surface area contributed by atoms with Crippen molar-refractivity contribution in [2.24, 2.45) is 0 Å². The molecule has 4 nitrogen and oxygen atoms in total. The van der Waals surface area contributed by atoms with Crippen molar-refractivity contribution >= 4 is 39.2 Å². The van der Waals surface area contributed by atoms with Crippen molar-refractivity contribution in [2.75, 3.05) is 33.9 Å². The van der Waals surface area contributed by atoms with Crippen molar-refractivity contribution in [1.82, 2.24) is 14.5 Å². The van der Waals surface area contributed by atoms with E-state index in [1.54, 1.807) is 0 Å². The number of aromatic nitrogens is 2. The largest absolute Gasteiger partial charge is 0.378 e. The van der Waals surface area contributed by atoms with Crippen LogP contribution in [0.2, 0.25) is 0 Å². The summed E-state index contributed by atoms with van der Waals surface area (Å²) in [5.74, 6) is 0. The van der Waals surface area contributed by atoms with Crippen molar-refractivity contribution in [1.29, 1.82) is 0 Å². The van der Waals surface area contributed by atoms with Crippen LogP contribution in [0.3, 0.4) is 0 Å². The lowest BCUT2D eigenvalue weighted by Crippen LogP contribution is -2.19. The second-order valence-electron chi connectivity index (χ2n) is 4.66. The van der Waals surface area contributed by atoms with Gasteiger partial charge in [0, 0.05) is 17.6 Å². The quantitative estimate of drug-likeness (QED) is 0.646. The van der Waals surface area contributed by atoms with Gasteiger partial charge in [-0.25, -0.2) is 0 Å². The highest BCUT2D eigenvalue weighted by Crippen LogP contribution is 2.19. The summed E-state index contributed by atoms with van der Waals surface area (Å²) >= 11 is 8.80. The molecule has 0 aliphatic heterocycles. The first-order valence-electron chi connectivity index (χ1n) is 6.18. The van der Waals surface area contributed by atoms with Crippen LogP contribution in [-0.2, 0) is 11.3 Å². The monoisotopic (exact) mass is 343 g/mol. The van der Waals surface area contributed by atoms with Crippen LogP contribution in [0.1, 0.15) is 0 Å². The molecule has 0 bridgehead atoms. The molecule has 0 saturated heterocycles. The molecule has 1 aromatic carbocycles. The molecule has 6 heteroatoms. The molecule has 1 aromatic heterocycles. The molecular formula is C13H18BrN3OS. The van der Waals surface area contributed by atoms with E-state index in [2.05, 4.69) is 36.4 Å². The molecule has 2 aromatic rings. The fraction of sp³-hybridized carbons (Fsp3) is 0.462. The number of benzene rings is 1. The Morgan fingerprint density at radius 3 is 2.89 bits per heavy atom. The predicted octanol–water partition coefficient (Wildman–Crippen LogP) is 3.04. The molecule has 0 unspecified atom stereocenters. The lowest BCUT2D eigenvalue weighted by molar-refractivity contribution is 0.111. The van der Waals surface area contributed by atoms with Crippen LogP contribution in [0.25, 0.3) is 11.0 Å². The van der Waals surface area contributed by atoms with Gasteiger partial charge in [-0.1, -0.05) is 15.9 Å². The van der Waals surface area contributed by atoms with Crippen LogP contribution >= 0.6 is 28.1 Å². The van der Waals surface area contributed by atoms with Crippen molar-refractivity contribution < 1.29 is 4.74 Å². The molecule has 0 amide bonds. The molecular weight excluding hydrogens is 326 g/mol. The van der Waals surface area contributed by atoms with Crippen molar-refractivity contribution in [3.63, 3.8) is 0 Å². The van der Waals surface area contributed by atoms with Crippen LogP contribution < -0.4 is 0 Å². The number of H-pyrrole nitrogens is 1. The highest BCUT2D eigenvalue weighted by Gasteiger charge is 2.04. The van der Waals surface area contributed by atoms with Crippen LogP contribution in [0.5, 0.6) is 0 Å². The standard InChI is InChI=1S/C13H18BrN3OS/c1-16(2)5-7-18-8-6-17-12-4-3-10(14)9-11(12)15-13(17)19/h3-4,9H,5-8H2,1-2H3,(H,15,19). The van der Waals surface area contributed by atoms with E-state index < -0.39 is 0 Å². The van der Waals surface area contributed by atoms with Gasteiger partial charge in [-0.05, 0) is 44.5 Å². The Morgan fingerprint density at radius 1 is 1.37 bits per heavy atom. The van der Waals surface area contributed by atoms with E-state index in [1.165, 1.54) is 0 Å². The Labute approximate surface area is 126 Å². The Hall–Kier alpha value is -0.690. The molecule has 1 N–H and O–H groups in total. The number of hydrogen-bond acceptors (Lipinski definition) is 3. The summed E-state index contributed by atoms with van der Waals surface area (Å²) in [6.45, 7) is 3.12. The van der Waals surface area contributed by atoms with Gasteiger partial charge in [0.25, 0.3) is 0 Å². The Bertz CT molecular complexity index is 605. The number of nitrogens with zero attached hydrogens (tertiary/aromatic N) is 2. The van der Waals surface area contributed by atoms with E-state index in [0.29, 0.717) is 6.61 Å². The lowest BCUT2D eigenvalue weighted by atomic mass is 10.3. The Morgan fingerprint density at radius 2 is 2.16 bits per heavy atom. The smallest absolute Gasteiger partial charge is 0.178 e. The molecule has 0 fully saturated rings. The lowest BCUT2D eigenvalue weighted by Gasteiger charge is -2.10. The average Bonchev–Trinajstić information content (AvgIpc) is 2.64. The molecule has 0 aliphatic rings. The molecule has 104 valence electrons. The summed E-state index contributed by atoms with van der Waals surface area (Å²) < 4.78 is 9.48. The Balaban J connectivity index is 2.00. The first kappa shape index (κ1) is 14.7. The third-order valence-electron chi connectivity index (χ3n) is 2.88. The third-order valence-corrected chi connectivity index (χ3v) is 3.69. The molecule has 0 atom stereocenters. The number of likely N-dealkylation sites (N-methyl/N-ethyl adjacent to an activating group) is 1. The summed E-state index contributed by atoms with van der Waals surface area (Å²) in [5.41, 5.74) is 2.16. The van der Waals surface area contributed by atoms with Gasteiger partial charge in [0.1, 0.15) is 0 Å². The van der Waals surface area contributed by atoms with Crippen molar-refractivity contribution in [3.8, 4) is 0 Å². The van der Waals surface area contributed by atoms with E-state index in [-0.39, 0.29) is 0 Å². The molecule has 0 aliphatic carbocycles. The molecule has 0 spiro atoms. The van der Waals surface area contributed by atoms with Crippen molar-refractivity contribution in [3.05, 3.63) is 27.4 Å². The minimum atomic E-state index is 0.672. The fourth-order valence-electron chi connectivity index (χ4n) is 1.86. The summed E-state index contributed by atoms with van der Waals surface area (Å²) in [6, 6.07) is 6.12. The number of rotatable bonds is 6.